The number of rotatable bonds is 4. The lowest BCUT2D eigenvalue weighted by atomic mass is 9.97. The summed E-state index contributed by atoms with van der Waals surface area (Å²) in [4.78, 5) is 0. The van der Waals surface area contributed by atoms with Crippen LogP contribution in [0.4, 0.5) is 0 Å². The van der Waals surface area contributed by atoms with E-state index in [1.165, 1.54) is 47.1 Å². The Kier molecular flexibility index (Phi) is 4.35. The van der Waals surface area contributed by atoms with Gasteiger partial charge in [0.2, 0.25) is 0 Å². The van der Waals surface area contributed by atoms with Crippen LogP contribution in [0.1, 0.15) is 53.5 Å². The fourth-order valence-electron chi connectivity index (χ4n) is 3.24. The van der Waals surface area contributed by atoms with Gasteiger partial charge in [-0.05, 0) is 59.4 Å². The van der Waals surface area contributed by atoms with Crippen molar-refractivity contribution in [1.29, 1.82) is 0 Å². The SMILES string of the molecule is CC(C)Cc1ccc(C(Cl)c2ccc3c(c2)CCC3)cc1. The number of hydrogen-bond donors (Lipinski definition) is 0. The molecule has 1 aliphatic rings. The highest BCUT2D eigenvalue weighted by atomic mass is 35.5. The molecule has 2 aromatic carbocycles. The number of fused-ring (bicyclic) bond motifs is 1. The van der Waals surface area contributed by atoms with Crippen LogP contribution in [0.3, 0.4) is 0 Å². The minimum Gasteiger partial charge on any atom is -0.113 e. The Bertz CT molecular complexity index is 610. The summed E-state index contributed by atoms with van der Waals surface area (Å²) in [5.41, 5.74) is 6.83. The topological polar surface area (TPSA) is 0 Å². The van der Waals surface area contributed by atoms with E-state index < -0.39 is 0 Å². The van der Waals surface area contributed by atoms with Gasteiger partial charge in [-0.1, -0.05) is 56.3 Å². The Morgan fingerprint density at radius 3 is 2.29 bits per heavy atom. The Hall–Kier alpha value is -1.27. The van der Waals surface area contributed by atoms with Crippen LogP contribution in [-0.4, -0.2) is 0 Å². The molecule has 0 aromatic heterocycles. The largest absolute Gasteiger partial charge is 0.113 e. The smallest absolute Gasteiger partial charge is 0.0835 e. The normalized spacial score (nSPS) is 15.2. The number of aryl methyl sites for hydroxylation is 2. The molecule has 0 amide bonds. The van der Waals surface area contributed by atoms with Gasteiger partial charge >= 0.3 is 0 Å². The van der Waals surface area contributed by atoms with Gasteiger partial charge in [-0.2, -0.15) is 0 Å². The first-order chi connectivity index (χ1) is 10.1. The minimum atomic E-state index is -0.0380. The molecule has 110 valence electrons. The average molecular weight is 299 g/mol. The molecule has 2 aromatic rings. The number of halogens is 1. The molecular weight excluding hydrogens is 276 g/mol. The molecule has 3 rings (SSSR count). The van der Waals surface area contributed by atoms with Crippen LogP contribution in [0, 0.1) is 5.92 Å². The summed E-state index contributed by atoms with van der Waals surface area (Å²) in [5, 5.41) is -0.0380. The molecule has 0 bridgehead atoms. The van der Waals surface area contributed by atoms with Crippen LogP contribution in [0.5, 0.6) is 0 Å². The Balaban J connectivity index is 1.79. The summed E-state index contributed by atoms with van der Waals surface area (Å²) < 4.78 is 0. The first-order valence-electron chi connectivity index (χ1n) is 7.98. The van der Waals surface area contributed by atoms with Crippen LogP contribution in [0.2, 0.25) is 0 Å². The van der Waals surface area contributed by atoms with E-state index in [-0.39, 0.29) is 5.38 Å². The lowest BCUT2D eigenvalue weighted by Crippen LogP contribution is -1.97. The average Bonchev–Trinajstić information content (AvgIpc) is 2.94. The van der Waals surface area contributed by atoms with E-state index in [1.54, 1.807) is 0 Å². The Morgan fingerprint density at radius 1 is 0.905 bits per heavy atom. The first-order valence-corrected chi connectivity index (χ1v) is 8.42. The molecule has 0 aliphatic heterocycles. The quantitative estimate of drug-likeness (QED) is 0.635. The summed E-state index contributed by atoms with van der Waals surface area (Å²) in [6.45, 7) is 4.51. The van der Waals surface area contributed by atoms with Crippen LogP contribution in [0.25, 0.3) is 0 Å². The first kappa shape index (κ1) is 14.7. The van der Waals surface area contributed by atoms with Crippen molar-refractivity contribution >= 4 is 11.6 Å². The van der Waals surface area contributed by atoms with E-state index in [0.29, 0.717) is 5.92 Å². The lowest BCUT2D eigenvalue weighted by molar-refractivity contribution is 0.647. The van der Waals surface area contributed by atoms with E-state index >= 15 is 0 Å². The molecule has 1 heteroatoms. The summed E-state index contributed by atoms with van der Waals surface area (Å²) in [6.07, 6.45) is 4.86. The fourth-order valence-corrected chi connectivity index (χ4v) is 3.52. The number of alkyl halides is 1. The molecule has 0 radical (unpaired) electrons. The maximum absolute atomic E-state index is 6.69. The third kappa shape index (κ3) is 3.32. The third-order valence-corrected chi connectivity index (χ3v) is 4.84. The molecule has 0 saturated carbocycles. The summed E-state index contributed by atoms with van der Waals surface area (Å²) in [6, 6.07) is 15.6. The van der Waals surface area contributed by atoms with Gasteiger partial charge in [0.15, 0.2) is 0 Å². The van der Waals surface area contributed by atoms with Crippen LogP contribution in [0.15, 0.2) is 42.5 Å². The van der Waals surface area contributed by atoms with Crippen molar-refractivity contribution in [3.05, 3.63) is 70.3 Å². The highest BCUT2D eigenvalue weighted by Gasteiger charge is 2.15. The zero-order chi connectivity index (χ0) is 14.8. The van der Waals surface area contributed by atoms with Crippen molar-refractivity contribution in [3.63, 3.8) is 0 Å². The Labute approximate surface area is 133 Å². The molecule has 1 atom stereocenters. The summed E-state index contributed by atoms with van der Waals surface area (Å²) in [7, 11) is 0. The molecule has 0 fully saturated rings. The molecule has 1 aliphatic carbocycles. The van der Waals surface area contributed by atoms with Crippen molar-refractivity contribution in [3.8, 4) is 0 Å². The van der Waals surface area contributed by atoms with Crippen molar-refractivity contribution < 1.29 is 0 Å². The van der Waals surface area contributed by atoms with Gasteiger partial charge in [0.1, 0.15) is 0 Å². The molecular formula is C20H23Cl. The molecule has 21 heavy (non-hydrogen) atoms. The predicted molar refractivity (Wildman–Crippen MR) is 91.1 cm³/mol. The van der Waals surface area contributed by atoms with Crippen LogP contribution < -0.4 is 0 Å². The highest BCUT2D eigenvalue weighted by molar-refractivity contribution is 6.22. The van der Waals surface area contributed by atoms with Gasteiger partial charge in [0.25, 0.3) is 0 Å². The predicted octanol–water partition coefficient (Wildman–Crippen LogP) is 5.70. The summed E-state index contributed by atoms with van der Waals surface area (Å²) >= 11 is 6.69. The van der Waals surface area contributed by atoms with E-state index in [2.05, 4.69) is 56.3 Å². The molecule has 0 nitrogen and oxygen atoms in total. The number of hydrogen-bond acceptors (Lipinski definition) is 0. The van der Waals surface area contributed by atoms with Gasteiger partial charge in [-0.3, -0.25) is 0 Å². The monoisotopic (exact) mass is 298 g/mol. The van der Waals surface area contributed by atoms with Crippen LogP contribution >= 0.6 is 11.6 Å². The summed E-state index contributed by atoms with van der Waals surface area (Å²) in [5.74, 6) is 0.694. The lowest BCUT2D eigenvalue weighted by Gasteiger charge is -2.13. The van der Waals surface area contributed by atoms with E-state index in [9.17, 15) is 0 Å². The minimum absolute atomic E-state index is 0.0380. The standard InChI is InChI=1S/C20H23Cl/c1-14(2)12-15-6-8-17(9-7-15)20(21)19-11-10-16-4-3-5-18(16)13-19/h6-11,13-14,20H,3-5,12H2,1-2H3. The van der Waals surface area contributed by atoms with Crippen molar-refractivity contribution in [1.82, 2.24) is 0 Å². The van der Waals surface area contributed by atoms with Crippen LogP contribution in [-0.2, 0) is 19.3 Å². The second kappa shape index (κ2) is 6.23. The second-order valence-corrected chi connectivity index (χ2v) is 7.02. The van der Waals surface area contributed by atoms with Gasteiger partial charge in [-0.15, -0.1) is 11.6 Å². The van der Waals surface area contributed by atoms with Crippen molar-refractivity contribution in [2.24, 2.45) is 5.92 Å². The van der Waals surface area contributed by atoms with Gasteiger partial charge in [0, 0.05) is 0 Å². The molecule has 0 N–H and O–H groups in total. The Morgan fingerprint density at radius 2 is 1.57 bits per heavy atom. The third-order valence-electron chi connectivity index (χ3n) is 4.33. The fraction of sp³-hybridized carbons (Fsp3) is 0.400. The molecule has 0 heterocycles. The molecule has 1 unspecified atom stereocenters. The zero-order valence-corrected chi connectivity index (χ0v) is 13.7. The van der Waals surface area contributed by atoms with E-state index in [0.717, 1.165) is 6.42 Å². The van der Waals surface area contributed by atoms with E-state index in [1.807, 2.05) is 0 Å². The number of benzene rings is 2. The second-order valence-electron chi connectivity index (χ2n) is 6.58. The maximum Gasteiger partial charge on any atom is 0.0835 e. The maximum atomic E-state index is 6.69. The zero-order valence-electron chi connectivity index (χ0n) is 12.9. The molecule has 0 spiro atoms. The van der Waals surface area contributed by atoms with Crippen molar-refractivity contribution in [2.45, 2.75) is 44.9 Å². The molecule has 0 saturated heterocycles. The van der Waals surface area contributed by atoms with Crippen molar-refractivity contribution in [2.75, 3.05) is 0 Å². The van der Waals surface area contributed by atoms with Gasteiger partial charge in [0.05, 0.1) is 5.38 Å². The van der Waals surface area contributed by atoms with E-state index in [4.69, 9.17) is 11.6 Å². The van der Waals surface area contributed by atoms with Gasteiger partial charge < -0.3 is 0 Å². The highest BCUT2D eigenvalue weighted by Crippen LogP contribution is 2.32. The van der Waals surface area contributed by atoms with Gasteiger partial charge in [-0.25, -0.2) is 0 Å².